The van der Waals surface area contributed by atoms with Crippen molar-refractivity contribution in [3.05, 3.63) is 52.5 Å². The summed E-state index contributed by atoms with van der Waals surface area (Å²) in [6.45, 7) is 6.18. The van der Waals surface area contributed by atoms with Crippen LogP contribution in [0.15, 0.2) is 41.3 Å². The number of carbonyl (C=O) groups excluding carboxylic acids is 1. The number of nitrogens with one attached hydrogen (secondary N) is 1. The summed E-state index contributed by atoms with van der Waals surface area (Å²) in [4.78, 5) is 17.2. The lowest BCUT2D eigenvalue weighted by atomic mass is 10.2. The fourth-order valence-electron chi connectivity index (χ4n) is 3.72. The Morgan fingerprint density at radius 3 is 2.62 bits per heavy atom. The Hall–Kier alpha value is -2.04. The molecule has 1 aliphatic rings. The smallest absolute Gasteiger partial charge is 0.257 e. The van der Waals surface area contributed by atoms with Crippen LogP contribution >= 0.6 is 22.9 Å². The zero-order valence-corrected chi connectivity index (χ0v) is 20.4. The number of nitrogens with zero attached hydrogens (tertiary/aromatic N) is 2. The molecular weight excluding hydrogens is 470 g/mol. The molecule has 2 atom stereocenters. The van der Waals surface area contributed by atoms with Gasteiger partial charge in [-0.05, 0) is 56.2 Å². The molecule has 0 bridgehead atoms. The number of thiazole rings is 1. The number of halogens is 1. The van der Waals surface area contributed by atoms with Crippen LogP contribution in [0.4, 0.5) is 5.13 Å². The van der Waals surface area contributed by atoms with Crippen molar-refractivity contribution in [2.45, 2.75) is 44.3 Å². The number of anilines is 1. The summed E-state index contributed by atoms with van der Waals surface area (Å²) in [5, 5.41) is 3.30. The molecule has 1 saturated heterocycles. The zero-order valence-electron chi connectivity index (χ0n) is 18.0. The Kier molecular flexibility index (Phi) is 6.56. The van der Waals surface area contributed by atoms with Gasteiger partial charge in [0.25, 0.3) is 5.91 Å². The number of hydrogen-bond acceptors (Lipinski definition) is 6. The molecular formula is C22H24ClN3O4S2. The number of rotatable bonds is 5. The summed E-state index contributed by atoms with van der Waals surface area (Å²) in [7, 11) is -3.89. The number of aromatic nitrogens is 1. The van der Waals surface area contributed by atoms with Crippen molar-refractivity contribution in [1.82, 2.24) is 9.29 Å². The minimum atomic E-state index is -3.89. The van der Waals surface area contributed by atoms with Crippen molar-refractivity contribution in [2.24, 2.45) is 0 Å². The van der Waals surface area contributed by atoms with Crippen LogP contribution in [-0.4, -0.2) is 48.9 Å². The van der Waals surface area contributed by atoms with Crippen molar-refractivity contribution >= 4 is 54.2 Å². The van der Waals surface area contributed by atoms with Gasteiger partial charge in [-0.3, -0.25) is 10.1 Å². The van der Waals surface area contributed by atoms with Crippen molar-refractivity contribution in [3.63, 3.8) is 0 Å². The van der Waals surface area contributed by atoms with Crippen LogP contribution in [-0.2, 0) is 21.2 Å². The fraction of sp³-hybridized carbons (Fsp3) is 0.364. The molecule has 10 heteroatoms. The first-order chi connectivity index (χ1) is 15.2. The van der Waals surface area contributed by atoms with Crippen molar-refractivity contribution in [3.8, 4) is 0 Å². The Morgan fingerprint density at radius 2 is 1.94 bits per heavy atom. The standard InChI is InChI=1S/C22H24ClN3O4S2/c1-4-15-5-8-18-19(9-15)31-22(24-18)25-21(27)16-6-7-17(23)20(10-16)32(28,29)26-11-13(2)30-14(3)12-26/h5-10,13-14H,4,11-12H2,1-3H3,(H,24,25,27). The third-order valence-electron chi connectivity index (χ3n) is 5.28. The molecule has 32 heavy (non-hydrogen) atoms. The molecule has 1 aromatic heterocycles. The molecule has 0 aliphatic carbocycles. The number of ether oxygens (including phenoxy) is 1. The van der Waals surface area contributed by atoms with Gasteiger partial charge < -0.3 is 4.74 Å². The summed E-state index contributed by atoms with van der Waals surface area (Å²) in [6, 6.07) is 10.3. The number of hydrogen-bond donors (Lipinski definition) is 1. The summed E-state index contributed by atoms with van der Waals surface area (Å²) < 4.78 is 34.5. The second kappa shape index (κ2) is 9.07. The lowest BCUT2D eigenvalue weighted by Gasteiger charge is -2.34. The van der Waals surface area contributed by atoms with Gasteiger partial charge in [-0.2, -0.15) is 4.31 Å². The van der Waals surface area contributed by atoms with E-state index in [1.165, 1.54) is 39.4 Å². The maximum Gasteiger partial charge on any atom is 0.257 e. The van der Waals surface area contributed by atoms with E-state index >= 15 is 0 Å². The summed E-state index contributed by atoms with van der Waals surface area (Å²) in [5.74, 6) is -0.448. The topological polar surface area (TPSA) is 88.6 Å². The molecule has 7 nitrogen and oxygen atoms in total. The average molecular weight is 494 g/mol. The minimum Gasteiger partial charge on any atom is -0.373 e. The molecule has 2 aromatic carbocycles. The number of benzene rings is 2. The molecule has 0 spiro atoms. The third kappa shape index (κ3) is 4.67. The van der Waals surface area contributed by atoms with E-state index in [2.05, 4.69) is 23.3 Å². The van der Waals surface area contributed by atoms with Gasteiger partial charge in [0.15, 0.2) is 5.13 Å². The van der Waals surface area contributed by atoms with Crippen molar-refractivity contribution in [1.29, 1.82) is 0 Å². The molecule has 2 heterocycles. The maximum absolute atomic E-state index is 13.3. The molecule has 170 valence electrons. The molecule has 0 saturated carbocycles. The quantitative estimate of drug-likeness (QED) is 0.562. The van der Waals surface area contributed by atoms with Crippen molar-refractivity contribution < 1.29 is 17.9 Å². The predicted molar refractivity (Wildman–Crippen MR) is 127 cm³/mol. The van der Waals surface area contributed by atoms with Gasteiger partial charge in [0, 0.05) is 18.7 Å². The number of fused-ring (bicyclic) bond motifs is 1. The Balaban J connectivity index is 1.60. The van der Waals surface area contributed by atoms with Crippen LogP contribution in [0.3, 0.4) is 0 Å². The van der Waals surface area contributed by atoms with Gasteiger partial charge in [0.2, 0.25) is 10.0 Å². The highest BCUT2D eigenvalue weighted by Crippen LogP contribution is 2.30. The van der Waals surface area contributed by atoms with Crippen LogP contribution in [0.25, 0.3) is 10.2 Å². The van der Waals surface area contributed by atoms with Gasteiger partial charge >= 0.3 is 0 Å². The predicted octanol–water partition coefficient (Wildman–Crippen LogP) is 4.56. The lowest BCUT2D eigenvalue weighted by Crippen LogP contribution is -2.48. The lowest BCUT2D eigenvalue weighted by molar-refractivity contribution is -0.0440. The number of aryl methyl sites for hydroxylation is 1. The highest BCUT2D eigenvalue weighted by molar-refractivity contribution is 7.89. The van der Waals surface area contributed by atoms with E-state index in [1.54, 1.807) is 0 Å². The molecule has 1 N–H and O–H groups in total. The molecule has 3 aromatic rings. The Bertz CT molecular complexity index is 1270. The van der Waals surface area contributed by atoms with Gasteiger partial charge in [0.1, 0.15) is 4.90 Å². The van der Waals surface area contributed by atoms with Crippen LogP contribution in [0, 0.1) is 0 Å². The van der Waals surface area contributed by atoms with E-state index < -0.39 is 15.9 Å². The minimum absolute atomic E-state index is 0.0698. The first-order valence-corrected chi connectivity index (χ1v) is 13.0. The van der Waals surface area contributed by atoms with E-state index in [9.17, 15) is 13.2 Å². The maximum atomic E-state index is 13.3. The van der Waals surface area contributed by atoms with E-state index in [1.807, 2.05) is 26.0 Å². The van der Waals surface area contributed by atoms with E-state index in [4.69, 9.17) is 16.3 Å². The summed E-state index contributed by atoms with van der Waals surface area (Å²) >= 11 is 7.62. The van der Waals surface area contributed by atoms with Gasteiger partial charge in [-0.1, -0.05) is 35.9 Å². The molecule has 1 aliphatic heterocycles. The highest BCUT2D eigenvalue weighted by Gasteiger charge is 2.34. The van der Waals surface area contributed by atoms with Crippen molar-refractivity contribution in [2.75, 3.05) is 18.4 Å². The zero-order chi connectivity index (χ0) is 23.0. The second-order valence-electron chi connectivity index (χ2n) is 7.85. The molecule has 1 fully saturated rings. The molecule has 4 rings (SSSR count). The van der Waals surface area contributed by atoms with Crippen LogP contribution in [0.5, 0.6) is 0 Å². The van der Waals surface area contributed by atoms with Crippen LogP contribution in [0.2, 0.25) is 5.02 Å². The number of sulfonamides is 1. The third-order valence-corrected chi connectivity index (χ3v) is 8.53. The average Bonchev–Trinajstić information content (AvgIpc) is 3.14. The fourth-order valence-corrected chi connectivity index (χ4v) is 6.74. The van der Waals surface area contributed by atoms with Gasteiger partial charge in [-0.15, -0.1) is 0 Å². The van der Waals surface area contributed by atoms with Crippen LogP contribution < -0.4 is 5.32 Å². The van der Waals surface area contributed by atoms with Gasteiger partial charge in [0.05, 0.1) is 27.4 Å². The van der Waals surface area contributed by atoms with E-state index in [0.717, 1.165) is 16.6 Å². The molecule has 0 radical (unpaired) electrons. The Labute approximate surface area is 196 Å². The second-order valence-corrected chi connectivity index (χ2v) is 11.2. The monoisotopic (exact) mass is 493 g/mol. The molecule has 2 unspecified atom stereocenters. The highest BCUT2D eigenvalue weighted by atomic mass is 35.5. The summed E-state index contributed by atoms with van der Waals surface area (Å²) in [6.07, 6.45) is 0.454. The number of carbonyl (C=O) groups is 1. The normalized spacial score (nSPS) is 19.9. The van der Waals surface area contributed by atoms with Gasteiger partial charge in [-0.25, -0.2) is 13.4 Å². The number of morpholine rings is 1. The number of amides is 1. The van der Waals surface area contributed by atoms with E-state index in [0.29, 0.717) is 5.13 Å². The van der Waals surface area contributed by atoms with E-state index in [-0.39, 0.29) is 40.8 Å². The largest absolute Gasteiger partial charge is 0.373 e. The molecule has 1 amide bonds. The van der Waals surface area contributed by atoms with Crippen LogP contribution in [0.1, 0.15) is 36.7 Å². The summed E-state index contributed by atoms with van der Waals surface area (Å²) in [5.41, 5.74) is 2.19. The Morgan fingerprint density at radius 1 is 1.22 bits per heavy atom. The SMILES string of the molecule is CCc1ccc2nc(NC(=O)c3ccc(Cl)c(S(=O)(=O)N4CC(C)OC(C)C4)c3)sc2c1. The first-order valence-electron chi connectivity index (χ1n) is 10.3. The first kappa shape index (κ1) is 23.1.